The highest BCUT2D eigenvalue weighted by Crippen LogP contribution is 2.37. The number of hydrogen-bond acceptors (Lipinski definition) is 7. The number of rotatable bonds is 4. The van der Waals surface area contributed by atoms with Crippen molar-refractivity contribution in [2.45, 2.75) is 25.7 Å². The number of morpholine rings is 1. The van der Waals surface area contributed by atoms with Crippen molar-refractivity contribution in [1.29, 1.82) is 0 Å². The number of nitrogens with two attached hydrogens (primary N) is 1. The summed E-state index contributed by atoms with van der Waals surface area (Å²) in [6, 6.07) is 0. The van der Waals surface area contributed by atoms with E-state index in [1.54, 1.807) is 0 Å². The highest BCUT2D eigenvalue weighted by molar-refractivity contribution is 7.17. The zero-order valence-corrected chi connectivity index (χ0v) is 16.0. The SMILES string of the molecule is NC(=O)c1c(NC(=O)CN2CCOCC2)sc2c1CCCC2.O=C(O)C(=O)O. The lowest BCUT2D eigenvalue weighted by Gasteiger charge is -2.25. The largest absolute Gasteiger partial charge is 0.473 e. The molecular weight excluding hydrogens is 390 g/mol. The molecule has 0 spiro atoms. The second-order valence-electron chi connectivity index (χ2n) is 6.33. The van der Waals surface area contributed by atoms with Crippen LogP contribution in [0, 0.1) is 0 Å². The first kappa shape index (κ1) is 21.8. The van der Waals surface area contributed by atoms with Crippen molar-refractivity contribution in [1.82, 2.24) is 4.90 Å². The molecule has 1 fully saturated rings. The lowest BCUT2D eigenvalue weighted by Crippen LogP contribution is -2.41. The van der Waals surface area contributed by atoms with Crippen LogP contribution in [0.5, 0.6) is 0 Å². The van der Waals surface area contributed by atoms with E-state index in [-0.39, 0.29) is 5.91 Å². The van der Waals surface area contributed by atoms with E-state index in [0.29, 0.717) is 30.3 Å². The van der Waals surface area contributed by atoms with Crippen molar-refractivity contribution in [3.8, 4) is 0 Å². The van der Waals surface area contributed by atoms with Crippen molar-refractivity contribution in [3.05, 3.63) is 16.0 Å². The van der Waals surface area contributed by atoms with Crippen LogP contribution in [0.3, 0.4) is 0 Å². The molecule has 28 heavy (non-hydrogen) atoms. The topological polar surface area (TPSA) is 159 Å². The van der Waals surface area contributed by atoms with Gasteiger partial charge in [-0.3, -0.25) is 14.5 Å². The number of anilines is 1. The van der Waals surface area contributed by atoms with Gasteiger partial charge >= 0.3 is 11.9 Å². The van der Waals surface area contributed by atoms with Crippen molar-refractivity contribution in [2.24, 2.45) is 5.73 Å². The summed E-state index contributed by atoms with van der Waals surface area (Å²) < 4.78 is 5.27. The Hall–Kier alpha value is -2.50. The molecule has 5 N–H and O–H groups in total. The monoisotopic (exact) mass is 413 g/mol. The summed E-state index contributed by atoms with van der Waals surface area (Å²) in [7, 11) is 0. The van der Waals surface area contributed by atoms with Crippen LogP contribution in [0.1, 0.15) is 33.6 Å². The maximum Gasteiger partial charge on any atom is 0.414 e. The fourth-order valence-electron chi connectivity index (χ4n) is 3.04. The molecular formula is C17H23N3O7S. The maximum absolute atomic E-state index is 12.2. The van der Waals surface area contributed by atoms with Crippen LogP contribution in [0.4, 0.5) is 5.00 Å². The Morgan fingerprint density at radius 1 is 1.07 bits per heavy atom. The number of carboxylic acid groups (broad SMARTS) is 2. The second-order valence-corrected chi connectivity index (χ2v) is 7.43. The molecule has 11 heteroatoms. The molecule has 0 radical (unpaired) electrons. The van der Waals surface area contributed by atoms with Crippen LogP contribution < -0.4 is 11.1 Å². The Labute approximate surface area is 165 Å². The Morgan fingerprint density at radius 2 is 1.68 bits per heavy atom. The maximum atomic E-state index is 12.2. The number of thiophene rings is 1. The summed E-state index contributed by atoms with van der Waals surface area (Å²) in [5.41, 5.74) is 7.10. The van der Waals surface area contributed by atoms with E-state index >= 15 is 0 Å². The summed E-state index contributed by atoms with van der Waals surface area (Å²) in [6.45, 7) is 3.17. The number of aliphatic carboxylic acids is 2. The summed E-state index contributed by atoms with van der Waals surface area (Å²) in [4.78, 5) is 45.5. The van der Waals surface area contributed by atoms with Gasteiger partial charge in [0.1, 0.15) is 5.00 Å². The number of carbonyl (C=O) groups is 4. The third kappa shape index (κ3) is 6.01. The Kier molecular flexibility index (Phi) is 7.91. The summed E-state index contributed by atoms with van der Waals surface area (Å²) in [5.74, 6) is -4.19. The molecule has 0 unspecified atom stereocenters. The van der Waals surface area contributed by atoms with Gasteiger partial charge < -0.3 is 26.0 Å². The molecule has 1 aliphatic heterocycles. The zero-order valence-electron chi connectivity index (χ0n) is 15.2. The molecule has 2 heterocycles. The van der Waals surface area contributed by atoms with Gasteiger partial charge in [0.15, 0.2) is 0 Å². The quantitative estimate of drug-likeness (QED) is 0.508. The Balaban J connectivity index is 0.000000409. The number of primary amides is 1. The van der Waals surface area contributed by atoms with Crippen LogP contribution in [0.25, 0.3) is 0 Å². The van der Waals surface area contributed by atoms with Crippen molar-refractivity contribution < 1.29 is 34.1 Å². The smallest absolute Gasteiger partial charge is 0.414 e. The molecule has 2 aliphatic rings. The minimum atomic E-state index is -1.82. The molecule has 1 aliphatic carbocycles. The van der Waals surface area contributed by atoms with Crippen LogP contribution in [-0.4, -0.2) is 71.7 Å². The van der Waals surface area contributed by atoms with Gasteiger partial charge in [0, 0.05) is 18.0 Å². The van der Waals surface area contributed by atoms with Gasteiger partial charge in [-0.1, -0.05) is 0 Å². The molecule has 0 atom stereocenters. The number of ether oxygens (including phenoxy) is 1. The van der Waals surface area contributed by atoms with E-state index in [9.17, 15) is 9.59 Å². The van der Waals surface area contributed by atoms with Crippen molar-refractivity contribution >= 4 is 40.1 Å². The first-order valence-electron chi connectivity index (χ1n) is 8.80. The van der Waals surface area contributed by atoms with E-state index in [1.807, 2.05) is 0 Å². The molecule has 1 aromatic rings. The average Bonchev–Trinajstić information content (AvgIpc) is 3.00. The number of fused-ring (bicyclic) bond motifs is 1. The Morgan fingerprint density at radius 3 is 2.25 bits per heavy atom. The van der Waals surface area contributed by atoms with Crippen LogP contribution in [0.15, 0.2) is 0 Å². The average molecular weight is 413 g/mol. The number of nitrogens with zero attached hydrogens (tertiary/aromatic N) is 1. The standard InChI is InChI=1S/C15H21N3O3S.C2H2O4/c16-14(20)13-10-3-1-2-4-11(10)22-15(13)17-12(19)9-18-5-7-21-8-6-18;3-1(4)2(5)6/h1-9H2,(H2,16,20)(H,17,19);(H,3,4)(H,5,6). The number of aryl methyl sites for hydroxylation is 1. The van der Waals surface area contributed by atoms with Gasteiger partial charge in [-0.05, 0) is 31.2 Å². The fraction of sp³-hybridized carbons (Fsp3) is 0.529. The lowest BCUT2D eigenvalue weighted by atomic mass is 9.95. The van der Waals surface area contributed by atoms with Crippen molar-refractivity contribution in [3.63, 3.8) is 0 Å². The van der Waals surface area contributed by atoms with Gasteiger partial charge in [-0.2, -0.15) is 0 Å². The van der Waals surface area contributed by atoms with Gasteiger partial charge in [-0.25, -0.2) is 9.59 Å². The first-order chi connectivity index (χ1) is 13.3. The highest BCUT2D eigenvalue weighted by Gasteiger charge is 2.25. The summed E-state index contributed by atoms with van der Waals surface area (Å²) in [5, 5.41) is 18.3. The van der Waals surface area contributed by atoms with Gasteiger partial charge in [0.2, 0.25) is 5.91 Å². The molecule has 3 rings (SSSR count). The summed E-state index contributed by atoms with van der Waals surface area (Å²) in [6.07, 6.45) is 4.06. The molecule has 2 amide bonds. The fourth-order valence-corrected chi connectivity index (χ4v) is 4.35. The third-order valence-corrected chi connectivity index (χ3v) is 5.53. The first-order valence-corrected chi connectivity index (χ1v) is 9.61. The van der Waals surface area contributed by atoms with Crippen molar-refractivity contribution in [2.75, 3.05) is 38.2 Å². The van der Waals surface area contributed by atoms with E-state index < -0.39 is 17.8 Å². The predicted octanol–water partition coefficient (Wildman–Crippen LogP) is 0.152. The molecule has 10 nitrogen and oxygen atoms in total. The minimum Gasteiger partial charge on any atom is -0.473 e. The van der Waals surface area contributed by atoms with E-state index in [4.69, 9.17) is 30.3 Å². The summed E-state index contributed by atoms with van der Waals surface area (Å²) >= 11 is 1.50. The molecule has 1 aromatic heterocycles. The van der Waals surface area contributed by atoms with E-state index in [2.05, 4.69) is 10.2 Å². The van der Waals surface area contributed by atoms with Gasteiger partial charge in [0.05, 0.1) is 25.3 Å². The zero-order chi connectivity index (χ0) is 20.7. The predicted molar refractivity (Wildman–Crippen MR) is 101 cm³/mol. The number of hydrogen-bond donors (Lipinski definition) is 4. The normalized spacial score (nSPS) is 16.3. The number of carboxylic acids is 2. The molecule has 0 bridgehead atoms. The van der Waals surface area contributed by atoms with Crippen LogP contribution in [0.2, 0.25) is 0 Å². The van der Waals surface area contributed by atoms with E-state index in [0.717, 1.165) is 44.3 Å². The Bertz CT molecular complexity index is 744. The number of nitrogens with one attached hydrogen (secondary N) is 1. The molecule has 0 aromatic carbocycles. The van der Waals surface area contributed by atoms with Crippen LogP contribution >= 0.6 is 11.3 Å². The van der Waals surface area contributed by atoms with E-state index in [1.165, 1.54) is 16.2 Å². The van der Waals surface area contributed by atoms with Gasteiger partial charge in [0.25, 0.3) is 5.91 Å². The van der Waals surface area contributed by atoms with Crippen LogP contribution in [-0.2, 0) is 32.0 Å². The minimum absolute atomic E-state index is 0.0944. The second kappa shape index (κ2) is 10.2. The molecule has 0 saturated carbocycles. The lowest BCUT2D eigenvalue weighted by molar-refractivity contribution is -0.159. The number of amides is 2. The highest BCUT2D eigenvalue weighted by atomic mass is 32.1. The number of carbonyl (C=O) groups excluding carboxylic acids is 2. The van der Waals surface area contributed by atoms with Gasteiger partial charge in [-0.15, -0.1) is 11.3 Å². The molecule has 154 valence electrons. The third-order valence-electron chi connectivity index (χ3n) is 4.32. The molecule has 1 saturated heterocycles.